The second-order valence-corrected chi connectivity index (χ2v) is 5.13. The van der Waals surface area contributed by atoms with Crippen molar-refractivity contribution in [2.45, 2.75) is 26.3 Å². The molecule has 106 valence electrons. The van der Waals surface area contributed by atoms with E-state index in [1.165, 1.54) is 7.11 Å². The molecule has 0 aliphatic heterocycles. The molecule has 0 saturated carbocycles. The molecule has 20 heavy (non-hydrogen) atoms. The third-order valence-electron chi connectivity index (χ3n) is 3.07. The summed E-state index contributed by atoms with van der Waals surface area (Å²) in [4.78, 5) is 11.9. The number of esters is 1. The first-order chi connectivity index (χ1) is 9.61. The van der Waals surface area contributed by atoms with E-state index < -0.39 is 0 Å². The van der Waals surface area contributed by atoms with E-state index in [9.17, 15) is 4.79 Å². The number of carbonyl (C=O) groups is 1. The molecule has 0 bridgehead atoms. The Bertz CT molecular complexity index is 593. The van der Waals surface area contributed by atoms with Crippen LogP contribution < -0.4 is 5.32 Å². The highest BCUT2D eigenvalue weighted by molar-refractivity contribution is 5.92. The van der Waals surface area contributed by atoms with Gasteiger partial charge in [-0.15, -0.1) is 0 Å². The van der Waals surface area contributed by atoms with Crippen LogP contribution in [0.15, 0.2) is 30.5 Å². The molecule has 0 aliphatic carbocycles. The molecule has 5 nitrogen and oxygen atoms in total. The van der Waals surface area contributed by atoms with E-state index in [0.717, 1.165) is 16.6 Å². The number of hydrogen-bond acceptors (Lipinski definition) is 5. The summed E-state index contributed by atoms with van der Waals surface area (Å²) in [5.41, 5.74) is 1.59. The maximum atomic E-state index is 11.9. The lowest BCUT2D eigenvalue weighted by molar-refractivity contribution is -0.141. The molecule has 1 unspecified atom stereocenters. The van der Waals surface area contributed by atoms with Crippen molar-refractivity contribution in [2.24, 2.45) is 5.92 Å². The van der Waals surface area contributed by atoms with Gasteiger partial charge >= 0.3 is 5.97 Å². The number of anilines is 1. The van der Waals surface area contributed by atoms with Crippen LogP contribution in [0.1, 0.15) is 20.3 Å². The van der Waals surface area contributed by atoms with E-state index in [4.69, 9.17) is 4.74 Å². The normalized spacial score (nSPS) is 12.4. The molecule has 2 rings (SSSR count). The van der Waals surface area contributed by atoms with Crippen LogP contribution in [0, 0.1) is 5.92 Å². The molecule has 1 aromatic heterocycles. The Morgan fingerprint density at radius 3 is 2.80 bits per heavy atom. The van der Waals surface area contributed by atoms with Crippen molar-refractivity contribution >= 4 is 22.6 Å². The molecule has 0 amide bonds. The van der Waals surface area contributed by atoms with Gasteiger partial charge in [-0.2, -0.15) is 10.2 Å². The minimum absolute atomic E-state index is 0.264. The van der Waals surface area contributed by atoms with Gasteiger partial charge in [0, 0.05) is 5.39 Å². The maximum absolute atomic E-state index is 11.9. The highest BCUT2D eigenvalue weighted by atomic mass is 16.5. The summed E-state index contributed by atoms with van der Waals surface area (Å²) < 4.78 is 4.86. The van der Waals surface area contributed by atoms with Gasteiger partial charge < -0.3 is 10.1 Å². The Kier molecular flexibility index (Phi) is 4.50. The number of nitrogens with one attached hydrogen (secondary N) is 1. The number of aromatic nitrogens is 2. The topological polar surface area (TPSA) is 64.1 Å². The van der Waals surface area contributed by atoms with Gasteiger partial charge in [-0.1, -0.05) is 32.0 Å². The number of methoxy groups -OCH3 is 1. The number of ether oxygens (including phenoxy) is 1. The number of fused-ring (bicyclic) bond motifs is 1. The van der Waals surface area contributed by atoms with Gasteiger partial charge in [-0.3, -0.25) is 0 Å². The molecule has 1 N–H and O–H groups in total. The zero-order valence-electron chi connectivity index (χ0n) is 12.0. The van der Waals surface area contributed by atoms with Crippen LogP contribution in [-0.4, -0.2) is 29.3 Å². The fraction of sp³-hybridized carbons (Fsp3) is 0.400. The average Bonchev–Trinajstić information content (AvgIpc) is 2.45. The number of benzene rings is 1. The molecule has 1 heterocycles. The van der Waals surface area contributed by atoms with Crippen molar-refractivity contribution in [1.29, 1.82) is 0 Å². The van der Waals surface area contributed by atoms with Crippen LogP contribution >= 0.6 is 0 Å². The minimum atomic E-state index is -0.382. The monoisotopic (exact) mass is 273 g/mol. The van der Waals surface area contributed by atoms with Crippen molar-refractivity contribution in [1.82, 2.24) is 10.2 Å². The van der Waals surface area contributed by atoms with Gasteiger partial charge in [0.05, 0.1) is 24.5 Å². The van der Waals surface area contributed by atoms with Crippen molar-refractivity contribution in [3.05, 3.63) is 30.5 Å². The van der Waals surface area contributed by atoms with Crippen LogP contribution in [0.5, 0.6) is 0 Å². The lowest BCUT2D eigenvalue weighted by atomic mass is 10.0. The zero-order chi connectivity index (χ0) is 14.5. The molecule has 0 saturated heterocycles. The van der Waals surface area contributed by atoms with Gasteiger partial charge in [0.2, 0.25) is 0 Å². The Balaban J connectivity index is 2.30. The van der Waals surface area contributed by atoms with Crippen molar-refractivity contribution in [3.8, 4) is 0 Å². The predicted molar refractivity (Wildman–Crippen MR) is 78.4 cm³/mol. The standard InChI is InChI=1S/C15H19N3O2/c1-10(2)8-13(15(19)20-3)17-14-9-16-18-12-7-5-4-6-11(12)14/h4-7,9-10,13H,8H2,1-3H3,(H,17,18). The van der Waals surface area contributed by atoms with Gasteiger partial charge in [0.1, 0.15) is 6.04 Å². The Labute approximate surface area is 118 Å². The molecule has 0 radical (unpaired) electrons. The predicted octanol–water partition coefficient (Wildman–Crippen LogP) is 2.63. The number of hydrogen-bond donors (Lipinski definition) is 1. The molecule has 5 heteroatoms. The molecule has 0 fully saturated rings. The van der Waals surface area contributed by atoms with E-state index in [1.54, 1.807) is 6.20 Å². The molecule has 2 aromatic rings. The fourth-order valence-electron chi connectivity index (χ4n) is 2.14. The third kappa shape index (κ3) is 3.23. The Morgan fingerprint density at radius 1 is 1.35 bits per heavy atom. The van der Waals surface area contributed by atoms with E-state index in [-0.39, 0.29) is 12.0 Å². The molecular formula is C15H19N3O2. The van der Waals surface area contributed by atoms with Gasteiger partial charge in [-0.25, -0.2) is 4.79 Å². The van der Waals surface area contributed by atoms with Gasteiger partial charge in [0.25, 0.3) is 0 Å². The molecule has 1 aromatic carbocycles. The van der Waals surface area contributed by atoms with Crippen molar-refractivity contribution in [3.63, 3.8) is 0 Å². The fourth-order valence-corrected chi connectivity index (χ4v) is 2.14. The zero-order valence-corrected chi connectivity index (χ0v) is 12.0. The van der Waals surface area contributed by atoms with E-state index >= 15 is 0 Å². The summed E-state index contributed by atoms with van der Waals surface area (Å²) in [6, 6.07) is 7.31. The Morgan fingerprint density at radius 2 is 2.10 bits per heavy atom. The third-order valence-corrected chi connectivity index (χ3v) is 3.07. The van der Waals surface area contributed by atoms with Crippen LogP contribution in [0.2, 0.25) is 0 Å². The van der Waals surface area contributed by atoms with E-state index in [0.29, 0.717) is 12.3 Å². The number of carbonyl (C=O) groups excluding carboxylic acids is 1. The average molecular weight is 273 g/mol. The molecule has 1 atom stereocenters. The summed E-state index contributed by atoms with van der Waals surface area (Å²) in [5.74, 6) is 0.118. The summed E-state index contributed by atoms with van der Waals surface area (Å²) in [6.07, 6.45) is 2.34. The summed E-state index contributed by atoms with van der Waals surface area (Å²) in [6.45, 7) is 4.14. The van der Waals surface area contributed by atoms with Crippen molar-refractivity contribution < 1.29 is 9.53 Å². The van der Waals surface area contributed by atoms with Gasteiger partial charge in [0.15, 0.2) is 0 Å². The highest BCUT2D eigenvalue weighted by Gasteiger charge is 2.21. The van der Waals surface area contributed by atoms with Crippen LogP contribution in [0.4, 0.5) is 5.69 Å². The largest absolute Gasteiger partial charge is 0.467 e. The summed E-state index contributed by atoms with van der Waals surface area (Å²) in [7, 11) is 1.40. The second kappa shape index (κ2) is 6.32. The smallest absolute Gasteiger partial charge is 0.328 e. The first kappa shape index (κ1) is 14.2. The van der Waals surface area contributed by atoms with Crippen LogP contribution in [0.25, 0.3) is 10.9 Å². The van der Waals surface area contributed by atoms with E-state index in [1.807, 2.05) is 24.3 Å². The van der Waals surface area contributed by atoms with Crippen molar-refractivity contribution in [2.75, 3.05) is 12.4 Å². The lowest BCUT2D eigenvalue weighted by Gasteiger charge is -2.19. The first-order valence-corrected chi connectivity index (χ1v) is 6.66. The molecule has 0 spiro atoms. The number of rotatable bonds is 5. The summed E-state index contributed by atoms with van der Waals surface area (Å²) >= 11 is 0. The molecular weight excluding hydrogens is 254 g/mol. The second-order valence-electron chi connectivity index (χ2n) is 5.13. The lowest BCUT2D eigenvalue weighted by Crippen LogP contribution is -2.32. The summed E-state index contributed by atoms with van der Waals surface area (Å²) in [5, 5.41) is 12.2. The quantitative estimate of drug-likeness (QED) is 0.848. The van der Waals surface area contributed by atoms with Crippen LogP contribution in [-0.2, 0) is 9.53 Å². The van der Waals surface area contributed by atoms with Gasteiger partial charge in [-0.05, 0) is 18.4 Å². The number of nitrogens with zero attached hydrogens (tertiary/aromatic N) is 2. The maximum Gasteiger partial charge on any atom is 0.328 e. The SMILES string of the molecule is COC(=O)C(CC(C)C)Nc1cnnc2ccccc12. The minimum Gasteiger partial charge on any atom is -0.467 e. The van der Waals surface area contributed by atoms with E-state index in [2.05, 4.69) is 29.4 Å². The molecule has 0 aliphatic rings. The first-order valence-electron chi connectivity index (χ1n) is 6.66. The van der Waals surface area contributed by atoms with Crippen LogP contribution in [0.3, 0.4) is 0 Å². The highest BCUT2D eigenvalue weighted by Crippen LogP contribution is 2.22. The Hall–Kier alpha value is -2.17.